The third-order valence-corrected chi connectivity index (χ3v) is 7.49. The maximum atomic E-state index is 13.0. The zero-order chi connectivity index (χ0) is 21.0. The molecule has 29 heavy (non-hydrogen) atoms. The summed E-state index contributed by atoms with van der Waals surface area (Å²) >= 11 is 0. The Morgan fingerprint density at radius 1 is 1.03 bits per heavy atom. The number of carbonyl (C=O) groups is 2. The molecule has 3 rings (SSSR count). The van der Waals surface area contributed by atoms with Gasteiger partial charge in [-0.1, -0.05) is 6.07 Å². The Balaban J connectivity index is 1.53. The predicted octanol–water partition coefficient (Wildman–Crippen LogP) is 0.0761. The minimum Gasteiger partial charge on any atom is -0.347 e. The highest BCUT2D eigenvalue weighted by Gasteiger charge is 2.29. The highest BCUT2D eigenvalue weighted by Crippen LogP contribution is 2.26. The van der Waals surface area contributed by atoms with Crippen LogP contribution in [0.3, 0.4) is 0 Å². The Labute approximate surface area is 172 Å². The van der Waals surface area contributed by atoms with Crippen molar-refractivity contribution in [3.63, 3.8) is 0 Å². The smallest absolute Gasteiger partial charge is 0.243 e. The number of nitrogens with one attached hydrogen (secondary N) is 1. The van der Waals surface area contributed by atoms with Crippen LogP contribution in [-0.4, -0.2) is 87.7 Å². The fraction of sp³-hybridized carbons (Fsp3) is 0.600. The first-order valence-electron chi connectivity index (χ1n) is 10.1. The number of piperazine rings is 1. The molecule has 0 radical (unpaired) electrons. The number of rotatable bonds is 6. The number of sulfonamides is 1. The maximum absolute atomic E-state index is 13.0. The Kier molecular flexibility index (Phi) is 6.92. The van der Waals surface area contributed by atoms with E-state index in [1.165, 1.54) is 14.8 Å². The molecule has 1 aliphatic heterocycles. The van der Waals surface area contributed by atoms with Gasteiger partial charge < -0.3 is 10.2 Å². The van der Waals surface area contributed by atoms with Crippen LogP contribution in [0.1, 0.15) is 24.0 Å². The van der Waals surface area contributed by atoms with Crippen molar-refractivity contribution in [2.45, 2.75) is 30.6 Å². The van der Waals surface area contributed by atoms with Gasteiger partial charge in [-0.25, -0.2) is 8.42 Å². The molecule has 160 valence electrons. The normalized spacial score (nSPS) is 18.1. The Morgan fingerprint density at radius 2 is 1.69 bits per heavy atom. The molecule has 0 spiro atoms. The van der Waals surface area contributed by atoms with E-state index in [-0.39, 0.29) is 24.9 Å². The van der Waals surface area contributed by atoms with Gasteiger partial charge in [0, 0.05) is 40.3 Å². The lowest BCUT2D eigenvalue weighted by molar-refractivity contribution is -0.131. The lowest BCUT2D eigenvalue weighted by Crippen LogP contribution is -2.51. The van der Waals surface area contributed by atoms with Crippen molar-refractivity contribution >= 4 is 21.8 Å². The van der Waals surface area contributed by atoms with Gasteiger partial charge in [0.15, 0.2) is 0 Å². The second-order valence-corrected chi connectivity index (χ2v) is 9.82. The van der Waals surface area contributed by atoms with Crippen LogP contribution < -0.4 is 5.32 Å². The van der Waals surface area contributed by atoms with E-state index in [2.05, 4.69) is 5.32 Å². The van der Waals surface area contributed by atoms with Crippen LogP contribution in [-0.2, 0) is 32.5 Å². The summed E-state index contributed by atoms with van der Waals surface area (Å²) in [5, 5.41) is 2.60. The van der Waals surface area contributed by atoms with Gasteiger partial charge in [-0.2, -0.15) is 4.31 Å². The summed E-state index contributed by atoms with van der Waals surface area (Å²) in [4.78, 5) is 27.3. The third-order valence-electron chi connectivity index (χ3n) is 5.59. The number of hydrogen-bond acceptors (Lipinski definition) is 5. The monoisotopic (exact) mass is 422 g/mol. The fourth-order valence-electron chi connectivity index (χ4n) is 3.74. The van der Waals surface area contributed by atoms with Gasteiger partial charge in [0.05, 0.1) is 18.0 Å². The van der Waals surface area contributed by atoms with Crippen LogP contribution in [0.2, 0.25) is 0 Å². The Hall–Kier alpha value is -1.97. The molecule has 0 bridgehead atoms. The topological polar surface area (TPSA) is 90.0 Å². The number of likely N-dealkylation sites (N-methyl/N-ethyl adjacent to an activating group) is 1. The van der Waals surface area contributed by atoms with Gasteiger partial charge >= 0.3 is 0 Å². The van der Waals surface area contributed by atoms with E-state index in [1.54, 1.807) is 20.2 Å². The molecule has 8 nitrogen and oxygen atoms in total. The first kappa shape index (κ1) is 21.7. The molecular formula is C20H30N4O4S. The third kappa shape index (κ3) is 5.34. The van der Waals surface area contributed by atoms with Crippen LogP contribution in [0.25, 0.3) is 0 Å². The lowest BCUT2D eigenvalue weighted by atomic mass is 9.92. The molecule has 1 heterocycles. The van der Waals surface area contributed by atoms with E-state index in [4.69, 9.17) is 0 Å². The van der Waals surface area contributed by atoms with E-state index in [1.807, 2.05) is 17.0 Å². The molecule has 1 saturated heterocycles. The summed E-state index contributed by atoms with van der Waals surface area (Å²) < 4.78 is 27.6. The van der Waals surface area contributed by atoms with Gasteiger partial charge in [-0.15, -0.1) is 0 Å². The molecule has 0 unspecified atom stereocenters. The molecule has 1 aromatic rings. The maximum Gasteiger partial charge on any atom is 0.243 e. The van der Waals surface area contributed by atoms with Crippen LogP contribution in [0, 0.1) is 0 Å². The first-order valence-corrected chi connectivity index (χ1v) is 11.5. The molecule has 1 aliphatic carbocycles. The van der Waals surface area contributed by atoms with Gasteiger partial charge in [0.1, 0.15) is 0 Å². The van der Waals surface area contributed by atoms with Crippen molar-refractivity contribution in [2.75, 3.05) is 53.4 Å². The van der Waals surface area contributed by atoms with Crippen LogP contribution in [0.15, 0.2) is 23.1 Å². The fourth-order valence-corrected chi connectivity index (χ4v) is 5.21. The molecular weight excluding hydrogens is 392 g/mol. The lowest BCUT2D eigenvalue weighted by Gasteiger charge is -2.33. The first-order chi connectivity index (χ1) is 13.8. The molecule has 9 heteroatoms. The second kappa shape index (κ2) is 9.23. The van der Waals surface area contributed by atoms with Crippen LogP contribution in [0.5, 0.6) is 0 Å². The van der Waals surface area contributed by atoms with Crippen molar-refractivity contribution in [1.29, 1.82) is 0 Å². The SMILES string of the molecule is CN(C)C(=O)CNC(=O)CN1CCN(S(=O)(=O)c2ccc3c(c2)CCCC3)CC1. The number of hydrogen-bond donors (Lipinski definition) is 1. The highest BCUT2D eigenvalue weighted by molar-refractivity contribution is 7.89. The molecule has 2 aliphatic rings. The molecule has 0 atom stereocenters. The van der Waals surface area contributed by atoms with Crippen molar-refractivity contribution < 1.29 is 18.0 Å². The molecule has 2 amide bonds. The van der Waals surface area contributed by atoms with E-state index in [9.17, 15) is 18.0 Å². The van der Waals surface area contributed by atoms with Crippen LogP contribution >= 0.6 is 0 Å². The summed E-state index contributed by atoms with van der Waals surface area (Å²) in [7, 11) is -0.251. The minimum absolute atomic E-state index is 0.0293. The number of amides is 2. The van der Waals surface area contributed by atoms with E-state index in [0.29, 0.717) is 31.1 Å². The van der Waals surface area contributed by atoms with Gasteiger partial charge in [-0.3, -0.25) is 14.5 Å². The second-order valence-electron chi connectivity index (χ2n) is 7.88. The number of aryl methyl sites for hydroxylation is 2. The summed E-state index contributed by atoms with van der Waals surface area (Å²) in [6.07, 6.45) is 4.24. The number of benzene rings is 1. The Bertz CT molecular complexity index is 861. The predicted molar refractivity (Wildman–Crippen MR) is 110 cm³/mol. The summed E-state index contributed by atoms with van der Waals surface area (Å²) in [6.45, 7) is 1.80. The van der Waals surface area contributed by atoms with Crippen molar-refractivity contribution in [2.24, 2.45) is 0 Å². The number of fused-ring (bicyclic) bond motifs is 1. The van der Waals surface area contributed by atoms with Crippen LogP contribution in [0.4, 0.5) is 0 Å². The number of carbonyl (C=O) groups excluding carboxylic acids is 2. The summed E-state index contributed by atoms with van der Waals surface area (Å²) in [6, 6.07) is 5.52. The molecule has 1 aromatic carbocycles. The highest BCUT2D eigenvalue weighted by atomic mass is 32.2. The van der Waals surface area contributed by atoms with Crippen molar-refractivity contribution in [3.05, 3.63) is 29.3 Å². The van der Waals surface area contributed by atoms with Gasteiger partial charge in [0.2, 0.25) is 21.8 Å². The molecule has 0 saturated carbocycles. The Morgan fingerprint density at radius 3 is 2.34 bits per heavy atom. The summed E-state index contributed by atoms with van der Waals surface area (Å²) in [5.41, 5.74) is 2.42. The quantitative estimate of drug-likeness (QED) is 0.701. The number of nitrogens with zero attached hydrogens (tertiary/aromatic N) is 3. The minimum atomic E-state index is -3.52. The zero-order valence-corrected chi connectivity index (χ0v) is 18.0. The molecule has 0 aromatic heterocycles. The van der Waals surface area contributed by atoms with Crippen molar-refractivity contribution in [1.82, 2.24) is 19.4 Å². The van der Waals surface area contributed by atoms with Crippen molar-refractivity contribution in [3.8, 4) is 0 Å². The van der Waals surface area contributed by atoms with E-state index >= 15 is 0 Å². The summed E-state index contributed by atoms with van der Waals surface area (Å²) in [5.74, 6) is -0.398. The van der Waals surface area contributed by atoms with Gasteiger partial charge in [0.25, 0.3) is 0 Å². The van der Waals surface area contributed by atoms with E-state index in [0.717, 1.165) is 31.2 Å². The van der Waals surface area contributed by atoms with Gasteiger partial charge in [-0.05, 0) is 48.9 Å². The molecule has 1 N–H and O–H groups in total. The largest absolute Gasteiger partial charge is 0.347 e. The molecule has 1 fully saturated rings. The average Bonchev–Trinajstić information content (AvgIpc) is 2.72. The average molecular weight is 423 g/mol. The standard InChI is InChI=1S/C20H30N4O4S/c1-22(2)20(26)14-21-19(25)15-23-9-11-24(12-10-23)29(27,28)18-8-7-16-5-3-4-6-17(16)13-18/h7-8,13H,3-6,9-12,14-15H2,1-2H3,(H,21,25). The van der Waals surface area contributed by atoms with E-state index < -0.39 is 10.0 Å². The zero-order valence-electron chi connectivity index (χ0n) is 17.2.